The summed E-state index contributed by atoms with van der Waals surface area (Å²) in [6.07, 6.45) is -0.0157. The SMILES string of the molecule is O=C1C[C@@H](NC(=O)c2ccc(Cl)cc2)C(=O)N1. The van der Waals surface area contributed by atoms with E-state index in [0.717, 1.165) is 0 Å². The first-order valence-corrected chi connectivity index (χ1v) is 5.34. The first-order chi connectivity index (χ1) is 8.06. The quantitative estimate of drug-likeness (QED) is 0.752. The highest BCUT2D eigenvalue weighted by atomic mass is 35.5. The van der Waals surface area contributed by atoms with Gasteiger partial charge in [-0.3, -0.25) is 19.7 Å². The summed E-state index contributed by atoms with van der Waals surface area (Å²) in [7, 11) is 0. The third kappa shape index (κ3) is 2.62. The molecule has 1 aliphatic rings. The van der Waals surface area contributed by atoms with E-state index in [1.807, 2.05) is 0 Å². The maximum Gasteiger partial charge on any atom is 0.251 e. The fourth-order valence-corrected chi connectivity index (χ4v) is 1.64. The first kappa shape index (κ1) is 11.6. The predicted molar refractivity (Wildman–Crippen MR) is 60.5 cm³/mol. The van der Waals surface area contributed by atoms with Crippen molar-refractivity contribution >= 4 is 29.3 Å². The topological polar surface area (TPSA) is 75.3 Å². The van der Waals surface area contributed by atoms with Gasteiger partial charge in [0.15, 0.2) is 0 Å². The number of carbonyl (C=O) groups excluding carboxylic acids is 3. The van der Waals surface area contributed by atoms with E-state index in [2.05, 4.69) is 10.6 Å². The van der Waals surface area contributed by atoms with Crippen LogP contribution < -0.4 is 10.6 Å². The van der Waals surface area contributed by atoms with Crippen molar-refractivity contribution in [3.8, 4) is 0 Å². The summed E-state index contributed by atoms with van der Waals surface area (Å²) in [6.45, 7) is 0. The Bertz CT molecular complexity index is 484. The van der Waals surface area contributed by atoms with Crippen LogP contribution in [0.5, 0.6) is 0 Å². The van der Waals surface area contributed by atoms with Gasteiger partial charge in [-0.05, 0) is 24.3 Å². The van der Waals surface area contributed by atoms with Crippen molar-refractivity contribution in [3.63, 3.8) is 0 Å². The van der Waals surface area contributed by atoms with E-state index in [9.17, 15) is 14.4 Å². The highest BCUT2D eigenvalue weighted by Crippen LogP contribution is 2.10. The predicted octanol–water partition coefficient (Wildman–Crippen LogP) is 0.485. The van der Waals surface area contributed by atoms with Gasteiger partial charge < -0.3 is 5.32 Å². The van der Waals surface area contributed by atoms with Gasteiger partial charge in [0.05, 0.1) is 6.42 Å². The van der Waals surface area contributed by atoms with Crippen LogP contribution in [-0.2, 0) is 9.59 Å². The highest BCUT2D eigenvalue weighted by molar-refractivity contribution is 6.30. The second-order valence-electron chi connectivity index (χ2n) is 3.65. The van der Waals surface area contributed by atoms with Crippen LogP contribution in [0.3, 0.4) is 0 Å². The lowest BCUT2D eigenvalue weighted by Gasteiger charge is -2.08. The fourth-order valence-electron chi connectivity index (χ4n) is 1.51. The number of rotatable bonds is 2. The lowest BCUT2D eigenvalue weighted by atomic mass is 10.2. The van der Waals surface area contributed by atoms with E-state index in [1.54, 1.807) is 24.3 Å². The molecule has 0 spiro atoms. The zero-order valence-electron chi connectivity index (χ0n) is 8.70. The molecule has 1 atom stereocenters. The van der Waals surface area contributed by atoms with Crippen LogP contribution in [0.15, 0.2) is 24.3 Å². The second kappa shape index (κ2) is 4.55. The van der Waals surface area contributed by atoms with E-state index in [4.69, 9.17) is 11.6 Å². The summed E-state index contributed by atoms with van der Waals surface area (Å²) < 4.78 is 0. The third-order valence-corrected chi connectivity index (χ3v) is 2.63. The van der Waals surface area contributed by atoms with Crippen LogP contribution in [0.4, 0.5) is 0 Å². The van der Waals surface area contributed by atoms with Gasteiger partial charge in [0, 0.05) is 10.6 Å². The molecule has 0 aliphatic carbocycles. The Morgan fingerprint density at radius 3 is 2.47 bits per heavy atom. The number of hydrogen-bond donors (Lipinski definition) is 2. The summed E-state index contributed by atoms with van der Waals surface area (Å²) >= 11 is 5.69. The van der Waals surface area contributed by atoms with Crippen LogP contribution >= 0.6 is 11.6 Å². The molecule has 1 heterocycles. The van der Waals surface area contributed by atoms with E-state index < -0.39 is 17.9 Å². The molecular formula is C11H9ClN2O3. The molecule has 88 valence electrons. The third-order valence-electron chi connectivity index (χ3n) is 2.38. The molecule has 0 unspecified atom stereocenters. The van der Waals surface area contributed by atoms with E-state index in [0.29, 0.717) is 10.6 Å². The number of nitrogens with one attached hydrogen (secondary N) is 2. The van der Waals surface area contributed by atoms with Crippen molar-refractivity contribution in [1.29, 1.82) is 0 Å². The molecule has 0 radical (unpaired) electrons. The molecule has 17 heavy (non-hydrogen) atoms. The second-order valence-corrected chi connectivity index (χ2v) is 4.09. The molecule has 3 amide bonds. The molecule has 1 aromatic carbocycles. The highest BCUT2D eigenvalue weighted by Gasteiger charge is 2.31. The molecule has 2 N–H and O–H groups in total. The Morgan fingerprint density at radius 2 is 1.94 bits per heavy atom. The fraction of sp³-hybridized carbons (Fsp3) is 0.182. The Labute approximate surface area is 102 Å². The lowest BCUT2D eigenvalue weighted by Crippen LogP contribution is -2.40. The van der Waals surface area contributed by atoms with Gasteiger partial charge in [-0.1, -0.05) is 11.6 Å². The zero-order valence-corrected chi connectivity index (χ0v) is 9.45. The zero-order chi connectivity index (χ0) is 12.4. The monoisotopic (exact) mass is 252 g/mol. The van der Waals surface area contributed by atoms with Gasteiger partial charge in [-0.2, -0.15) is 0 Å². The van der Waals surface area contributed by atoms with E-state index in [-0.39, 0.29) is 12.3 Å². The Kier molecular flexibility index (Phi) is 3.10. The molecule has 1 fully saturated rings. The molecule has 5 nitrogen and oxygen atoms in total. The number of amides is 3. The number of hydrogen-bond acceptors (Lipinski definition) is 3. The normalized spacial score (nSPS) is 19.0. The molecule has 1 saturated heterocycles. The standard InChI is InChI=1S/C11H9ClN2O3/c12-7-3-1-6(2-4-7)10(16)13-8-5-9(15)14-11(8)17/h1-4,8H,5H2,(H,13,16)(H,14,15,17)/t8-/m1/s1. The average molecular weight is 253 g/mol. The summed E-state index contributed by atoms with van der Waals surface area (Å²) in [4.78, 5) is 33.9. The number of halogens is 1. The van der Waals surface area contributed by atoms with Crippen LogP contribution in [0.25, 0.3) is 0 Å². The molecule has 0 saturated carbocycles. The van der Waals surface area contributed by atoms with Crippen molar-refractivity contribution < 1.29 is 14.4 Å². The van der Waals surface area contributed by atoms with Gasteiger partial charge in [-0.25, -0.2) is 0 Å². The van der Waals surface area contributed by atoms with Crippen molar-refractivity contribution in [3.05, 3.63) is 34.9 Å². The molecule has 2 rings (SSSR count). The number of benzene rings is 1. The van der Waals surface area contributed by atoms with Crippen molar-refractivity contribution in [1.82, 2.24) is 10.6 Å². The van der Waals surface area contributed by atoms with Gasteiger partial charge in [0.2, 0.25) is 11.8 Å². The summed E-state index contributed by atoms with van der Waals surface area (Å²) in [6, 6.07) is 5.47. The minimum atomic E-state index is -0.786. The van der Waals surface area contributed by atoms with Gasteiger partial charge in [0.1, 0.15) is 6.04 Å². The molecule has 1 aromatic rings. The van der Waals surface area contributed by atoms with Gasteiger partial charge in [-0.15, -0.1) is 0 Å². The Balaban J connectivity index is 2.04. The van der Waals surface area contributed by atoms with E-state index in [1.165, 1.54) is 0 Å². The number of carbonyl (C=O) groups is 3. The van der Waals surface area contributed by atoms with Gasteiger partial charge >= 0.3 is 0 Å². The lowest BCUT2D eigenvalue weighted by molar-refractivity contribution is -0.125. The van der Waals surface area contributed by atoms with Crippen LogP contribution in [0, 0.1) is 0 Å². The minimum Gasteiger partial charge on any atom is -0.340 e. The van der Waals surface area contributed by atoms with Gasteiger partial charge in [0.25, 0.3) is 5.91 Å². The summed E-state index contributed by atoms with van der Waals surface area (Å²) in [5.74, 6) is -1.26. The number of imide groups is 1. The van der Waals surface area contributed by atoms with Crippen molar-refractivity contribution in [2.75, 3.05) is 0 Å². The minimum absolute atomic E-state index is 0.0157. The largest absolute Gasteiger partial charge is 0.340 e. The Morgan fingerprint density at radius 1 is 1.29 bits per heavy atom. The summed E-state index contributed by atoms with van der Waals surface area (Å²) in [5.41, 5.74) is 0.390. The van der Waals surface area contributed by atoms with Crippen LogP contribution in [-0.4, -0.2) is 23.8 Å². The maximum atomic E-state index is 11.7. The van der Waals surface area contributed by atoms with Crippen molar-refractivity contribution in [2.45, 2.75) is 12.5 Å². The molecule has 0 aromatic heterocycles. The first-order valence-electron chi connectivity index (χ1n) is 4.96. The maximum absolute atomic E-state index is 11.7. The molecule has 1 aliphatic heterocycles. The Hall–Kier alpha value is -1.88. The summed E-state index contributed by atoms with van der Waals surface area (Å²) in [5, 5.41) is 5.12. The average Bonchev–Trinajstić information content (AvgIpc) is 2.58. The molecule has 0 bridgehead atoms. The molecular weight excluding hydrogens is 244 g/mol. The smallest absolute Gasteiger partial charge is 0.251 e. The van der Waals surface area contributed by atoms with E-state index >= 15 is 0 Å². The van der Waals surface area contributed by atoms with Crippen molar-refractivity contribution in [2.24, 2.45) is 0 Å². The van der Waals surface area contributed by atoms with Crippen LogP contribution in [0.1, 0.15) is 16.8 Å². The molecule has 6 heteroatoms. The van der Waals surface area contributed by atoms with Crippen LogP contribution in [0.2, 0.25) is 5.02 Å².